The zero-order valence-corrected chi connectivity index (χ0v) is 29.2. The highest BCUT2D eigenvalue weighted by atomic mass is 32.2. The highest BCUT2D eigenvalue weighted by molar-refractivity contribution is 7.89. The van der Waals surface area contributed by atoms with Gasteiger partial charge in [-0.3, -0.25) is 4.68 Å². The van der Waals surface area contributed by atoms with Crippen LogP contribution < -0.4 is 9.84 Å². The lowest BCUT2D eigenvalue weighted by Gasteiger charge is -2.45. The number of nitrogens with zero attached hydrogens (tertiary/aromatic N) is 5. The summed E-state index contributed by atoms with van der Waals surface area (Å²) in [4.78, 5) is 12.5. The first-order chi connectivity index (χ1) is 22.9. The number of aromatic nitrogens is 3. The number of carboxylic acids is 1. The van der Waals surface area contributed by atoms with Gasteiger partial charge in [0.15, 0.2) is 0 Å². The number of carbonyl (C=O) groups is 1. The van der Waals surface area contributed by atoms with Crippen molar-refractivity contribution in [2.24, 2.45) is 11.3 Å². The number of fused-ring (bicyclic) bond motifs is 1. The van der Waals surface area contributed by atoms with Crippen LogP contribution in [0.15, 0.2) is 53.6 Å². The minimum atomic E-state index is -3.85. The average Bonchev–Trinajstić information content (AvgIpc) is 3.47. The molecule has 4 heterocycles. The Bertz CT molecular complexity index is 1710. The minimum absolute atomic E-state index is 0.0569. The first-order valence-corrected chi connectivity index (χ1v) is 18.3. The third kappa shape index (κ3) is 7.30. The SMILES string of the molecule is Cc1ccc(C(OCc2cn(CC3CC[N+]4(CCOCC4)CC3)nn2)C(C)(C)C(=O)[O-])cc1CN1C[C@H](C)Oc2ccccc2S1(=O)=O. The number of aryl methyl sites for hydroxylation is 1. The molecule has 2 fully saturated rings. The minimum Gasteiger partial charge on any atom is -0.549 e. The second-order valence-electron chi connectivity index (χ2n) is 14.3. The van der Waals surface area contributed by atoms with E-state index in [2.05, 4.69) is 10.3 Å². The number of para-hydroxylation sites is 1. The molecule has 1 aromatic heterocycles. The van der Waals surface area contributed by atoms with Crippen molar-refractivity contribution < 1.29 is 37.0 Å². The average molecular weight is 682 g/mol. The van der Waals surface area contributed by atoms with Crippen LogP contribution in [-0.2, 0) is 44.0 Å². The van der Waals surface area contributed by atoms with Crippen molar-refractivity contribution >= 4 is 16.0 Å². The summed E-state index contributed by atoms with van der Waals surface area (Å²) in [6, 6.07) is 12.2. The number of sulfonamides is 1. The van der Waals surface area contributed by atoms with Gasteiger partial charge < -0.3 is 28.6 Å². The number of ether oxygens (including phenoxy) is 3. The van der Waals surface area contributed by atoms with Crippen molar-refractivity contribution in [3.63, 3.8) is 0 Å². The number of quaternary nitrogens is 1. The highest BCUT2D eigenvalue weighted by Crippen LogP contribution is 2.39. The van der Waals surface area contributed by atoms with E-state index in [1.54, 1.807) is 38.1 Å². The van der Waals surface area contributed by atoms with E-state index in [0.29, 0.717) is 22.9 Å². The molecule has 2 aromatic carbocycles. The highest BCUT2D eigenvalue weighted by Gasteiger charge is 2.37. The zero-order chi connectivity index (χ0) is 34.1. The molecule has 1 spiro atoms. The Hall–Kier alpha value is -3.36. The van der Waals surface area contributed by atoms with Crippen LogP contribution in [0, 0.1) is 18.3 Å². The third-order valence-electron chi connectivity index (χ3n) is 10.3. The van der Waals surface area contributed by atoms with Crippen molar-refractivity contribution in [3.8, 4) is 5.75 Å². The van der Waals surface area contributed by atoms with Crippen molar-refractivity contribution in [1.29, 1.82) is 0 Å². The molecule has 12 nitrogen and oxygen atoms in total. The van der Waals surface area contributed by atoms with Gasteiger partial charge in [0.25, 0.3) is 0 Å². The Kier molecular flexibility index (Phi) is 9.97. The molecule has 3 aromatic rings. The van der Waals surface area contributed by atoms with E-state index in [9.17, 15) is 18.3 Å². The molecule has 2 atom stereocenters. The van der Waals surface area contributed by atoms with Crippen molar-refractivity contribution in [3.05, 3.63) is 71.0 Å². The Balaban J connectivity index is 1.16. The molecule has 6 rings (SSSR count). The van der Waals surface area contributed by atoms with E-state index in [1.165, 1.54) is 21.9 Å². The summed E-state index contributed by atoms with van der Waals surface area (Å²) in [6.45, 7) is 14.2. The van der Waals surface area contributed by atoms with Crippen LogP contribution in [0.5, 0.6) is 5.75 Å². The maximum absolute atomic E-state index is 13.7. The smallest absolute Gasteiger partial charge is 0.247 e. The van der Waals surface area contributed by atoms with Gasteiger partial charge in [-0.2, -0.15) is 4.31 Å². The third-order valence-corrected chi connectivity index (χ3v) is 12.2. The van der Waals surface area contributed by atoms with Gasteiger partial charge >= 0.3 is 0 Å². The number of piperidine rings is 1. The Morgan fingerprint density at radius 1 is 1.12 bits per heavy atom. The summed E-state index contributed by atoms with van der Waals surface area (Å²) < 4.78 is 49.7. The predicted molar refractivity (Wildman–Crippen MR) is 175 cm³/mol. The maximum atomic E-state index is 13.7. The molecule has 0 radical (unpaired) electrons. The Morgan fingerprint density at radius 3 is 2.58 bits per heavy atom. The van der Waals surface area contributed by atoms with E-state index in [0.717, 1.165) is 56.8 Å². The van der Waals surface area contributed by atoms with E-state index in [1.807, 2.05) is 42.9 Å². The van der Waals surface area contributed by atoms with E-state index in [4.69, 9.17) is 14.2 Å². The Labute approximate surface area is 283 Å². The molecule has 13 heteroatoms. The van der Waals surface area contributed by atoms with Gasteiger partial charge in [-0.25, -0.2) is 8.42 Å². The quantitative estimate of drug-likeness (QED) is 0.296. The molecule has 3 aliphatic rings. The molecule has 0 bridgehead atoms. The van der Waals surface area contributed by atoms with Crippen LogP contribution in [0.4, 0.5) is 0 Å². The summed E-state index contributed by atoms with van der Waals surface area (Å²) >= 11 is 0. The van der Waals surface area contributed by atoms with Crippen LogP contribution in [0.2, 0.25) is 0 Å². The number of morpholine rings is 1. The Morgan fingerprint density at radius 2 is 1.85 bits per heavy atom. The second-order valence-corrected chi connectivity index (χ2v) is 16.2. The van der Waals surface area contributed by atoms with Crippen LogP contribution >= 0.6 is 0 Å². The number of hydrogen-bond acceptors (Lipinski definition) is 9. The standard InChI is InChI=1S/C35H47N5O7S/c1-25-9-10-28(19-29(25)22-39-20-26(2)47-31-7-5-6-8-32(31)48(39,43)44)33(35(3,4)34(41)42)46-24-30-23-38(37-36-30)21-27-11-13-40(14-12-27)15-17-45-18-16-40/h5-10,19,23,26-27,33H,11-18,20-22,24H2,1-4H3/t26-,33?/m0/s1. The molecule has 0 aliphatic carbocycles. The molecule has 2 saturated heterocycles. The molecular formula is C35H47N5O7S. The first-order valence-electron chi connectivity index (χ1n) is 16.9. The first kappa shape index (κ1) is 34.5. The largest absolute Gasteiger partial charge is 0.549 e. The molecule has 48 heavy (non-hydrogen) atoms. The lowest BCUT2D eigenvalue weighted by atomic mass is 9.81. The van der Waals surface area contributed by atoms with Gasteiger partial charge in [0.05, 0.1) is 51.8 Å². The topological polar surface area (TPSA) is 136 Å². The zero-order valence-electron chi connectivity index (χ0n) is 28.3. The molecule has 3 aliphatic heterocycles. The predicted octanol–water partition coefficient (Wildman–Crippen LogP) is 2.85. The lowest BCUT2D eigenvalue weighted by Crippen LogP contribution is -2.58. The number of rotatable bonds is 10. The van der Waals surface area contributed by atoms with E-state index < -0.39 is 27.5 Å². The molecule has 260 valence electrons. The van der Waals surface area contributed by atoms with Gasteiger partial charge in [-0.1, -0.05) is 49.4 Å². The fourth-order valence-electron chi connectivity index (χ4n) is 7.19. The van der Waals surface area contributed by atoms with E-state index >= 15 is 0 Å². The normalized spacial score (nSPS) is 22.0. The van der Waals surface area contributed by atoms with Gasteiger partial charge in [0, 0.05) is 37.3 Å². The molecular weight excluding hydrogens is 634 g/mol. The summed E-state index contributed by atoms with van der Waals surface area (Å²) in [5, 5.41) is 21.1. The molecule has 1 unspecified atom stereocenters. The maximum Gasteiger partial charge on any atom is 0.247 e. The van der Waals surface area contributed by atoms with Crippen LogP contribution in [0.25, 0.3) is 0 Å². The van der Waals surface area contributed by atoms with Crippen molar-refractivity contribution in [2.45, 2.75) is 77.3 Å². The summed E-state index contributed by atoms with van der Waals surface area (Å²) in [5.41, 5.74) is 1.43. The van der Waals surface area contributed by atoms with Gasteiger partial charge in [-0.05, 0) is 48.6 Å². The number of hydrogen-bond donors (Lipinski definition) is 0. The van der Waals surface area contributed by atoms with Crippen molar-refractivity contribution in [1.82, 2.24) is 19.3 Å². The number of benzene rings is 2. The monoisotopic (exact) mass is 681 g/mol. The molecule has 0 N–H and O–H groups in total. The molecule has 0 saturated carbocycles. The second kappa shape index (κ2) is 13.9. The fourth-order valence-corrected chi connectivity index (χ4v) is 8.80. The summed E-state index contributed by atoms with van der Waals surface area (Å²) in [6.07, 6.45) is 2.89. The number of carbonyl (C=O) groups excluding carboxylic acids is 1. The summed E-state index contributed by atoms with van der Waals surface area (Å²) in [7, 11) is -3.85. The molecule has 0 amide bonds. The van der Waals surface area contributed by atoms with Gasteiger partial charge in [0.2, 0.25) is 10.0 Å². The van der Waals surface area contributed by atoms with Crippen LogP contribution in [0.1, 0.15) is 62.1 Å². The van der Waals surface area contributed by atoms with Gasteiger partial charge in [-0.15, -0.1) is 5.10 Å². The van der Waals surface area contributed by atoms with Crippen molar-refractivity contribution in [2.75, 3.05) is 45.9 Å². The van der Waals surface area contributed by atoms with Crippen LogP contribution in [0.3, 0.4) is 0 Å². The summed E-state index contributed by atoms with van der Waals surface area (Å²) in [5.74, 6) is -0.395. The van der Waals surface area contributed by atoms with Gasteiger partial charge in [0.1, 0.15) is 35.5 Å². The number of carboxylic acid groups (broad SMARTS) is 1. The van der Waals surface area contributed by atoms with Crippen LogP contribution in [-0.4, -0.2) is 90.2 Å². The van der Waals surface area contributed by atoms with E-state index in [-0.39, 0.29) is 30.7 Å². The lowest BCUT2D eigenvalue weighted by molar-refractivity contribution is -0.940. The fraction of sp³-hybridized carbons (Fsp3) is 0.571. The number of aliphatic carboxylic acids is 1.